The summed E-state index contributed by atoms with van der Waals surface area (Å²) in [5.41, 5.74) is 1.37. The minimum Gasteiger partial charge on any atom is -0.251 e. The first-order chi connectivity index (χ1) is 4.47. The van der Waals surface area contributed by atoms with Crippen molar-refractivity contribution in [1.29, 1.82) is 0 Å². The van der Waals surface area contributed by atoms with Crippen molar-refractivity contribution in [3.05, 3.63) is 30.1 Å². The number of rotatable bonds is 0. The molecule has 0 atom stereocenters. The number of hydrogen-bond donors (Lipinski definition) is 1. The summed E-state index contributed by atoms with van der Waals surface area (Å²) in [6, 6.07) is 6.26. The molecule has 1 aromatic rings. The summed E-state index contributed by atoms with van der Waals surface area (Å²) in [6.45, 7) is 1.98. The van der Waals surface area contributed by atoms with Crippen LogP contribution in [0.4, 0.5) is 0 Å². The van der Waals surface area contributed by atoms with Crippen molar-refractivity contribution >= 4 is 0 Å². The lowest BCUT2D eigenvalue weighted by molar-refractivity contribution is -0.693. The third kappa shape index (κ3) is 0.715. The van der Waals surface area contributed by atoms with Crippen LogP contribution in [0.2, 0.25) is 0 Å². The molecular formula is C7H9N2+. The molecule has 0 saturated carbocycles. The van der Waals surface area contributed by atoms with Crippen LogP contribution >= 0.6 is 0 Å². The molecule has 0 radical (unpaired) electrons. The van der Waals surface area contributed by atoms with Crippen molar-refractivity contribution in [2.75, 3.05) is 0 Å². The van der Waals surface area contributed by atoms with Gasteiger partial charge in [0, 0.05) is 12.1 Å². The normalized spacial score (nSPS) is 15.6. The van der Waals surface area contributed by atoms with E-state index in [0.29, 0.717) is 0 Å². The largest absolute Gasteiger partial charge is 0.251 e. The Morgan fingerprint density at radius 3 is 3.33 bits per heavy atom. The summed E-state index contributed by atoms with van der Waals surface area (Å²) in [6.07, 6.45) is 2.09. The van der Waals surface area contributed by atoms with E-state index in [-0.39, 0.29) is 0 Å². The van der Waals surface area contributed by atoms with Crippen LogP contribution in [-0.4, -0.2) is 0 Å². The maximum atomic E-state index is 3.25. The zero-order valence-corrected chi connectivity index (χ0v) is 5.17. The molecule has 0 saturated heterocycles. The number of nitrogens with zero attached hydrogens (tertiary/aromatic N) is 1. The predicted molar refractivity (Wildman–Crippen MR) is 33.5 cm³/mol. The highest BCUT2D eigenvalue weighted by atomic mass is 15.2. The van der Waals surface area contributed by atoms with Gasteiger partial charge >= 0.3 is 0 Å². The predicted octanol–water partition coefficient (Wildman–Crippen LogP) is 0.0348. The van der Waals surface area contributed by atoms with E-state index in [1.54, 1.807) is 0 Å². The standard InChI is InChI=1S/C7H9N2/c1-2-4-9-6-8-5-7(9)3-1/h1-4,8H,5-6H2/q+1. The van der Waals surface area contributed by atoms with Crippen LogP contribution in [-0.2, 0) is 13.2 Å². The SMILES string of the molecule is c1cc[n+]2c(c1)CNC2. The van der Waals surface area contributed by atoms with E-state index in [1.807, 2.05) is 0 Å². The minimum atomic E-state index is 0.968. The Balaban J connectivity index is 2.54. The van der Waals surface area contributed by atoms with Crippen molar-refractivity contribution < 1.29 is 4.57 Å². The first-order valence-electron chi connectivity index (χ1n) is 3.15. The highest BCUT2D eigenvalue weighted by molar-refractivity contribution is 4.97. The van der Waals surface area contributed by atoms with E-state index >= 15 is 0 Å². The molecule has 2 heteroatoms. The Bertz CT molecular complexity index is 197. The lowest BCUT2D eigenvalue weighted by Crippen LogP contribution is -2.34. The summed E-state index contributed by atoms with van der Waals surface area (Å²) >= 11 is 0. The molecule has 2 nitrogen and oxygen atoms in total. The molecule has 0 spiro atoms. The zero-order chi connectivity index (χ0) is 6.10. The van der Waals surface area contributed by atoms with Crippen molar-refractivity contribution in [1.82, 2.24) is 5.32 Å². The molecule has 1 aromatic heterocycles. The molecule has 9 heavy (non-hydrogen) atoms. The maximum absolute atomic E-state index is 3.25. The number of hydrogen-bond acceptors (Lipinski definition) is 1. The van der Waals surface area contributed by atoms with E-state index in [1.165, 1.54) is 5.69 Å². The summed E-state index contributed by atoms with van der Waals surface area (Å²) in [5, 5.41) is 3.25. The van der Waals surface area contributed by atoms with Gasteiger partial charge in [0.05, 0.1) is 6.54 Å². The van der Waals surface area contributed by atoms with Crippen molar-refractivity contribution in [2.24, 2.45) is 0 Å². The molecule has 1 N–H and O–H groups in total. The highest BCUT2D eigenvalue weighted by Gasteiger charge is 2.14. The van der Waals surface area contributed by atoms with Gasteiger partial charge < -0.3 is 0 Å². The molecule has 46 valence electrons. The molecular weight excluding hydrogens is 112 g/mol. The molecule has 0 fully saturated rings. The molecule has 1 aliphatic heterocycles. The van der Waals surface area contributed by atoms with Crippen LogP contribution in [0.3, 0.4) is 0 Å². The average molecular weight is 121 g/mol. The lowest BCUT2D eigenvalue weighted by atomic mass is 10.4. The van der Waals surface area contributed by atoms with Crippen LogP contribution in [0.5, 0.6) is 0 Å². The second kappa shape index (κ2) is 1.81. The Labute approximate surface area is 54.1 Å². The number of fused-ring (bicyclic) bond motifs is 1. The fraction of sp³-hybridized carbons (Fsp3) is 0.286. The maximum Gasteiger partial charge on any atom is 0.202 e. The third-order valence-corrected chi connectivity index (χ3v) is 1.62. The monoisotopic (exact) mass is 121 g/mol. The smallest absolute Gasteiger partial charge is 0.202 e. The molecule has 0 aliphatic carbocycles. The first kappa shape index (κ1) is 4.94. The topological polar surface area (TPSA) is 15.9 Å². The van der Waals surface area contributed by atoms with Crippen LogP contribution in [0.25, 0.3) is 0 Å². The fourth-order valence-electron chi connectivity index (χ4n) is 1.13. The molecule has 2 rings (SSSR count). The zero-order valence-electron chi connectivity index (χ0n) is 5.17. The number of nitrogens with one attached hydrogen (secondary N) is 1. The highest BCUT2D eigenvalue weighted by Crippen LogP contribution is 1.94. The van der Waals surface area contributed by atoms with Gasteiger partial charge in [0.15, 0.2) is 11.9 Å². The Hall–Kier alpha value is -0.890. The first-order valence-corrected chi connectivity index (χ1v) is 3.15. The van der Waals surface area contributed by atoms with Gasteiger partial charge in [-0.3, -0.25) is 5.32 Å². The fourth-order valence-corrected chi connectivity index (χ4v) is 1.13. The van der Waals surface area contributed by atoms with Gasteiger partial charge in [-0.2, -0.15) is 4.57 Å². The van der Waals surface area contributed by atoms with Gasteiger partial charge in [0.25, 0.3) is 0 Å². The van der Waals surface area contributed by atoms with Crippen molar-refractivity contribution in [3.63, 3.8) is 0 Å². The Morgan fingerprint density at radius 2 is 2.44 bits per heavy atom. The van der Waals surface area contributed by atoms with Gasteiger partial charge in [0.1, 0.15) is 0 Å². The lowest BCUT2D eigenvalue weighted by Gasteiger charge is -1.85. The second-order valence-corrected chi connectivity index (χ2v) is 2.25. The van der Waals surface area contributed by atoms with Crippen LogP contribution in [0.1, 0.15) is 5.69 Å². The molecule has 0 unspecified atom stereocenters. The van der Waals surface area contributed by atoms with E-state index in [4.69, 9.17) is 0 Å². The molecule has 1 aliphatic rings. The Kier molecular flexibility index (Phi) is 0.993. The summed E-state index contributed by atoms with van der Waals surface area (Å²) < 4.78 is 2.21. The van der Waals surface area contributed by atoms with E-state index < -0.39 is 0 Å². The quantitative estimate of drug-likeness (QED) is 0.479. The summed E-state index contributed by atoms with van der Waals surface area (Å²) in [5.74, 6) is 0. The third-order valence-electron chi connectivity index (χ3n) is 1.62. The van der Waals surface area contributed by atoms with Gasteiger partial charge in [-0.15, -0.1) is 0 Å². The summed E-state index contributed by atoms with van der Waals surface area (Å²) in [7, 11) is 0. The average Bonchev–Trinajstić information content (AvgIpc) is 2.33. The van der Waals surface area contributed by atoms with E-state index in [0.717, 1.165) is 13.2 Å². The second-order valence-electron chi connectivity index (χ2n) is 2.25. The molecule has 0 amide bonds. The van der Waals surface area contributed by atoms with Crippen molar-refractivity contribution in [3.8, 4) is 0 Å². The minimum absolute atomic E-state index is 0.968. The van der Waals surface area contributed by atoms with Crippen LogP contribution < -0.4 is 9.88 Å². The van der Waals surface area contributed by atoms with E-state index in [2.05, 4.69) is 34.3 Å². The molecule has 0 bridgehead atoms. The van der Waals surface area contributed by atoms with Gasteiger partial charge in [0.2, 0.25) is 6.67 Å². The van der Waals surface area contributed by atoms with Gasteiger partial charge in [-0.05, 0) is 0 Å². The molecule has 2 heterocycles. The number of pyridine rings is 1. The van der Waals surface area contributed by atoms with Gasteiger partial charge in [-0.1, -0.05) is 6.07 Å². The van der Waals surface area contributed by atoms with Crippen molar-refractivity contribution in [2.45, 2.75) is 13.2 Å². The summed E-state index contributed by atoms with van der Waals surface area (Å²) in [4.78, 5) is 0. The van der Waals surface area contributed by atoms with E-state index in [9.17, 15) is 0 Å². The van der Waals surface area contributed by atoms with Crippen LogP contribution in [0.15, 0.2) is 24.4 Å². The van der Waals surface area contributed by atoms with Crippen LogP contribution in [0, 0.1) is 0 Å². The number of aromatic nitrogens is 1. The molecule has 0 aromatic carbocycles. The van der Waals surface area contributed by atoms with Gasteiger partial charge in [-0.25, -0.2) is 0 Å². The Morgan fingerprint density at radius 1 is 1.44 bits per heavy atom.